The van der Waals surface area contributed by atoms with Crippen molar-refractivity contribution in [1.82, 2.24) is 0 Å². The quantitative estimate of drug-likeness (QED) is 0.0363. The lowest BCUT2D eigenvalue weighted by Gasteiger charge is -2.27. The molecule has 2 aliphatic rings. The summed E-state index contributed by atoms with van der Waals surface area (Å²) in [6, 6.07) is 29.7. The predicted octanol–water partition coefficient (Wildman–Crippen LogP) is 7.96. The van der Waals surface area contributed by atoms with Crippen LogP contribution >= 0.6 is 21.0 Å². The van der Waals surface area contributed by atoms with E-state index in [-0.39, 0.29) is 5.69 Å². The molecule has 0 saturated carbocycles. The summed E-state index contributed by atoms with van der Waals surface area (Å²) in [7, 11) is 0. The highest BCUT2D eigenvalue weighted by molar-refractivity contribution is 14.2. The van der Waals surface area contributed by atoms with Crippen molar-refractivity contribution in [3.8, 4) is 23.0 Å². The van der Waals surface area contributed by atoms with Gasteiger partial charge in [0.1, 0.15) is 24.7 Å². The Labute approximate surface area is 288 Å². The molecule has 2 heterocycles. The number of nitrogen functional groups attached to an aromatic ring is 1. The van der Waals surface area contributed by atoms with Gasteiger partial charge in [-0.1, -0.05) is 66.8 Å². The molecule has 10 nitrogen and oxygen atoms in total. The molecule has 0 saturated heterocycles. The van der Waals surface area contributed by atoms with Gasteiger partial charge in [0.15, 0.2) is 15.2 Å². The van der Waals surface area contributed by atoms with Crippen LogP contribution in [0.1, 0.15) is 0 Å². The minimum atomic E-state index is -0.713. The molecule has 2 aliphatic heterocycles. The van der Waals surface area contributed by atoms with Gasteiger partial charge in [-0.25, -0.2) is 0 Å². The first kappa shape index (κ1) is 32.4. The number of nitro groups is 1. The van der Waals surface area contributed by atoms with Gasteiger partial charge in [0.25, 0.3) is 5.69 Å². The standard InChI is InChI=1S/C37H33IN4O6/c39-28-18-20-32-34(26-28)48-37(40(32)22-24-45-30-12-6-4-7-13-30)17-11-3-1-2-10-16-36-38-41(23-25-46-31-14-8-5-9-15-31)33-21-19-29(42(43)44)27-35(33)47-36/h1-21,26-27H,22-25,39H2/b2-1+,11-3+,16-10+,37-17-. The average Bonchev–Trinajstić information content (AvgIpc) is 3.44. The molecule has 0 amide bonds. The number of nitro benzene ring substituents is 1. The third-order valence-corrected chi connectivity index (χ3v) is 9.74. The van der Waals surface area contributed by atoms with Crippen LogP contribution < -0.4 is 32.7 Å². The highest BCUT2D eigenvalue weighted by atomic mass is 127. The Hall–Kier alpha value is -5.56. The van der Waals surface area contributed by atoms with Crippen molar-refractivity contribution in [3.05, 3.63) is 156 Å². The summed E-state index contributed by atoms with van der Waals surface area (Å²) in [6.45, 7) is 2.15. The monoisotopic (exact) mass is 756 g/mol. The Morgan fingerprint density at radius 1 is 0.750 bits per heavy atom. The fraction of sp³-hybridized carbons (Fsp3) is 0.108. The van der Waals surface area contributed by atoms with Crippen LogP contribution in [0.3, 0.4) is 0 Å². The van der Waals surface area contributed by atoms with E-state index in [4.69, 9.17) is 24.7 Å². The van der Waals surface area contributed by atoms with Crippen molar-refractivity contribution >= 4 is 47.4 Å². The van der Waals surface area contributed by atoms with E-state index in [1.54, 1.807) is 6.07 Å². The first-order valence-corrected chi connectivity index (χ1v) is 17.3. The van der Waals surface area contributed by atoms with Gasteiger partial charge < -0.3 is 32.7 Å². The third kappa shape index (κ3) is 8.42. The van der Waals surface area contributed by atoms with Crippen LogP contribution in [-0.2, 0) is 0 Å². The number of ether oxygens (including phenoxy) is 4. The van der Waals surface area contributed by atoms with Gasteiger partial charge in [0.2, 0.25) is 5.88 Å². The van der Waals surface area contributed by atoms with E-state index >= 15 is 0 Å². The maximum Gasteiger partial charge on any atom is 0.273 e. The number of hydrogen-bond acceptors (Lipinski definition) is 9. The number of halogens is 1. The van der Waals surface area contributed by atoms with Crippen LogP contribution in [0.25, 0.3) is 0 Å². The molecular weight excluding hydrogens is 723 g/mol. The third-order valence-electron chi connectivity index (χ3n) is 7.10. The number of nitrogens with two attached hydrogens (primary N) is 1. The molecule has 2 N–H and O–H groups in total. The number of fused-ring (bicyclic) bond motifs is 2. The van der Waals surface area contributed by atoms with Crippen molar-refractivity contribution in [3.63, 3.8) is 0 Å². The van der Waals surface area contributed by atoms with E-state index < -0.39 is 25.9 Å². The molecule has 11 heteroatoms. The van der Waals surface area contributed by atoms with Gasteiger partial charge in [0, 0.05) is 38.8 Å². The summed E-state index contributed by atoms with van der Waals surface area (Å²) in [5.74, 6) is 3.45. The van der Waals surface area contributed by atoms with Gasteiger partial charge in [-0.05, 0) is 54.6 Å². The number of nitrogens with zero attached hydrogens (tertiary/aromatic N) is 3. The number of benzene rings is 4. The number of anilines is 3. The van der Waals surface area contributed by atoms with Crippen LogP contribution in [0.4, 0.5) is 22.7 Å². The maximum atomic E-state index is 11.4. The molecule has 6 rings (SSSR count). The number of para-hydroxylation sites is 2. The summed E-state index contributed by atoms with van der Waals surface area (Å²) in [5.41, 5.74) is 8.37. The Balaban J connectivity index is 1.09. The van der Waals surface area contributed by atoms with E-state index in [0.29, 0.717) is 49.4 Å². The lowest BCUT2D eigenvalue weighted by molar-refractivity contribution is -0.384. The van der Waals surface area contributed by atoms with E-state index in [9.17, 15) is 10.1 Å². The van der Waals surface area contributed by atoms with Gasteiger partial charge in [0.05, 0.1) is 35.5 Å². The molecule has 0 fully saturated rings. The second kappa shape index (κ2) is 15.8. The molecule has 0 radical (unpaired) electrons. The summed E-state index contributed by atoms with van der Waals surface area (Å²) in [6.07, 6.45) is 13.3. The lowest BCUT2D eigenvalue weighted by atomic mass is 10.2. The molecule has 0 aromatic heterocycles. The summed E-state index contributed by atoms with van der Waals surface area (Å²) in [4.78, 5) is 13.1. The highest BCUT2D eigenvalue weighted by Crippen LogP contribution is 2.41. The Morgan fingerprint density at radius 2 is 1.40 bits per heavy atom. The van der Waals surface area contributed by atoms with Crippen LogP contribution in [0.15, 0.2) is 145 Å². The average molecular weight is 757 g/mol. The van der Waals surface area contributed by atoms with E-state index in [1.807, 2.05) is 121 Å². The minimum absolute atomic E-state index is 0.0167. The topological polar surface area (TPSA) is 113 Å². The molecular formula is C37H33IN4O6. The molecule has 0 spiro atoms. The summed E-state index contributed by atoms with van der Waals surface area (Å²) >= 11 is -0.713. The predicted molar refractivity (Wildman–Crippen MR) is 198 cm³/mol. The van der Waals surface area contributed by atoms with Crippen LogP contribution in [0.2, 0.25) is 0 Å². The second-order valence-electron chi connectivity index (χ2n) is 10.4. The normalized spacial score (nSPS) is 14.8. The Bertz CT molecular complexity index is 1890. The van der Waals surface area contributed by atoms with Crippen molar-refractivity contribution < 1.29 is 23.9 Å². The second-order valence-corrected chi connectivity index (χ2v) is 13.1. The van der Waals surface area contributed by atoms with Crippen LogP contribution in [0.5, 0.6) is 23.0 Å². The number of non-ortho nitro benzene ring substituents is 1. The zero-order chi connectivity index (χ0) is 33.1. The van der Waals surface area contributed by atoms with Crippen molar-refractivity contribution in [2.24, 2.45) is 0 Å². The SMILES string of the molecule is Nc1ccc2c(c1)O\C(=C/C=C/C=C/C=C/C1=IN(CCOc3ccccc3)c3ccc([N+](=O)[O-])cc3O1)N2CCOc1ccccc1. The zero-order valence-electron chi connectivity index (χ0n) is 25.9. The van der Waals surface area contributed by atoms with Gasteiger partial charge in [-0.3, -0.25) is 10.1 Å². The van der Waals surface area contributed by atoms with E-state index in [2.05, 4.69) is 8.01 Å². The number of hydrogen-bond donors (Lipinski definition) is 1. The molecule has 244 valence electrons. The molecule has 0 atom stereocenters. The van der Waals surface area contributed by atoms with Crippen molar-refractivity contribution in [2.45, 2.75) is 0 Å². The van der Waals surface area contributed by atoms with Crippen LogP contribution in [-0.4, -0.2) is 34.9 Å². The van der Waals surface area contributed by atoms with Crippen LogP contribution in [0, 0.1) is 10.1 Å². The fourth-order valence-electron chi connectivity index (χ4n) is 4.86. The van der Waals surface area contributed by atoms with Crippen molar-refractivity contribution in [1.29, 1.82) is 0 Å². The Morgan fingerprint density at radius 3 is 2.12 bits per heavy atom. The first-order chi connectivity index (χ1) is 23.5. The van der Waals surface area contributed by atoms with Gasteiger partial charge in [-0.15, -0.1) is 0 Å². The molecule has 4 aromatic carbocycles. The Kier molecular flexibility index (Phi) is 10.7. The largest absolute Gasteiger partial charge is 0.492 e. The highest BCUT2D eigenvalue weighted by Gasteiger charge is 2.26. The smallest absolute Gasteiger partial charge is 0.273 e. The van der Waals surface area contributed by atoms with Gasteiger partial charge in [-0.2, -0.15) is 0 Å². The molecule has 0 unspecified atom stereocenters. The number of allylic oxidation sites excluding steroid dienone is 6. The molecule has 4 aromatic rings. The minimum Gasteiger partial charge on any atom is -0.492 e. The number of rotatable bonds is 13. The fourth-order valence-corrected chi connectivity index (χ4v) is 7.24. The van der Waals surface area contributed by atoms with Crippen molar-refractivity contribution in [2.75, 3.05) is 40.1 Å². The summed E-state index contributed by atoms with van der Waals surface area (Å²) in [5, 5.41) is 11.4. The molecule has 0 bridgehead atoms. The van der Waals surface area contributed by atoms with E-state index in [0.717, 1.165) is 26.6 Å². The van der Waals surface area contributed by atoms with Gasteiger partial charge >= 0.3 is 0 Å². The van der Waals surface area contributed by atoms with E-state index in [1.165, 1.54) is 12.1 Å². The molecule has 0 aliphatic carbocycles. The maximum absolute atomic E-state index is 11.4. The lowest BCUT2D eigenvalue weighted by Crippen LogP contribution is -2.25. The summed E-state index contributed by atoms with van der Waals surface area (Å²) < 4.78 is 27.0. The zero-order valence-corrected chi connectivity index (χ0v) is 28.0. The molecule has 48 heavy (non-hydrogen) atoms. The first-order valence-electron chi connectivity index (χ1n) is 15.2.